The molecule has 0 fully saturated rings. The standard InChI is InChI=1S/C79H148NO8P/c1-6-8-10-12-14-16-18-20-22-24-26-28-30-32-33-34-35-36-37-38-39-40-41-42-43-44-45-46-47-48-50-52-54-56-58-60-62-64-66-68-70-72-79(82)88-77(76-87-89(83,84)86-74-73-80(3,4)5)75-85-78(81)71-69-67-65-63-61-59-57-55-53-51-49-31-29-27-25-23-21-19-17-15-13-11-9-7-2/h8,10,14,16,20,22,26,28,32-33,77H,6-7,9,11-13,15,17-19,21,23-25,27,29-31,34-76H2,1-5H3/p+1/b10-8-,16-14-,22-20-,28-26-,33-32-. The van der Waals surface area contributed by atoms with Gasteiger partial charge >= 0.3 is 19.8 Å². The summed E-state index contributed by atoms with van der Waals surface area (Å²) in [5, 5.41) is 0. The molecular formula is C79H149NO8P+. The molecule has 2 atom stereocenters. The SMILES string of the molecule is CC/C=C\C/C=C\C/C=C\C/C=C\C/C=C\CCCCCCCCCCCCCCCCCCCCCCCCCCCC(=O)OC(COC(=O)CCCCCCCCCCCCCCCCCCCCCCCCCC)COP(=O)(O)OCC[N+](C)(C)C. The van der Waals surface area contributed by atoms with E-state index in [1.807, 2.05) is 21.1 Å². The largest absolute Gasteiger partial charge is 0.472 e. The lowest BCUT2D eigenvalue weighted by molar-refractivity contribution is -0.870. The number of unbranched alkanes of at least 4 members (excludes halogenated alkanes) is 48. The summed E-state index contributed by atoms with van der Waals surface area (Å²) in [5.74, 6) is -0.772. The van der Waals surface area contributed by atoms with E-state index in [1.54, 1.807) is 0 Å². The van der Waals surface area contributed by atoms with Crippen LogP contribution in [-0.2, 0) is 32.7 Å². The van der Waals surface area contributed by atoms with Crippen LogP contribution in [0.5, 0.6) is 0 Å². The minimum Gasteiger partial charge on any atom is -0.462 e. The summed E-state index contributed by atoms with van der Waals surface area (Å²) in [5.41, 5.74) is 0. The third kappa shape index (κ3) is 74.6. The van der Waals surface area contributed by atoms with Crippen LogP contribution in [0, 0.1) is 0 Å². The van der Waals surface area contributed by atoms with Crippen LogP contribution in [0.2, 0.25) is 0 Å². The molecule has 0 amide bonds. The Morgan fingerprint density at radius 2 is 0.640 bits per heavy atom. The number of carbonyl (C=O) groups excluding carboxylic acids is 2. The summed E-state index contributed by atoms with van der Waals surface area (Å²) >= 11 is 0. The second-order valence-electron chi connectivity index (χ2n) is 27.4. The summed E-state index contributed by atoms with van der Waals surface area (Å²) < 4.78 is 34.8. The average Bonchev–Trinajstić information content (AvgIpc) is 3.60. The highest BCUT2D eigenvalue weighted by atomic mass is 31.2. The van der Waals surface area contributed by atoms with E-state index >= 15 is 0 Å². The monoisotopic (exact) mass is 1270 g/mol. The highest BCUT2D eigenvalue weighted by molar-refractivity contribution is 7.47. The second-order valence-corrected chi connectivity index (χ2v) is 28.8. The highest BCUT2D eigenvalue weighted by Gasteiger charge is 2.27. The van der Waals surface area contributed by atoms with Gasteiger partial charge in [0.25, 0.3) is 0 Å². The number of ether oxygens (including phenoxy) is 2. The first kappa shape index (κ1) is 86.7. The van der Waals surface area contributed by atoms with Crippen LogP contribution in [0.25, 0.3) is 0 Å². The molecule has 1 N–H and O–H groups in total. The van der Waals surface area contributed by atoms with Crippen molar-refractivity contribution >= 4 is 19.8 Å². The van der Waals surface area contributed by atoms with Crippen molar-refractivity contribution in [2.45, 2.75) is 386 Å². The Morgan fingerprint density at radius 3 is 0.955 bits per heavy atom. The Labute approximate surface area is 553 Å². The lowest BCUT2D eigenvalue weighted by Crippen LogP contribution is -2.37. The number of esters is 2. The van der Waals surface area contributed by atoms with Gasteiger partial charge in [-0.05, 0) is 57.8 Å². The maximum atomic E-state index is 12.9. The first-order chi connectivity index (χ1) is 43.5. The molecule has 0 saturated heterocycles. The predicted molar refractivity (Wildman–Crippen MR) is 386 cm³/mol. The van der Waals surface area contributed by atoms with Crippen LogP contribution in [0.1, 0.15) is 380 Å². The molecular weight excluding hydrogens is 1120 g/mol. The van der Waals surface area contributed by atoms with Crippen molar-refractivity contribution in [3.63, 3.8) is 0 Å². The number of carbonyl (C=O) groups is 2. The first-order valence-electron chi connectivity index (χ1n) is 38.5. The van der Waals surface area contributed by atoms with Gasteiger partial charge in [0, 0.05) is 12.8 Å². The molecule has 0 aliphatic heterocycles. The molecule has 0 aromatic heterocycles. The van der Waals surface area contributed by atoms with Crippen LogP contribution >= 0.6 is 7.82 Å². The molecule has 0 saturated carbocycles. The van der Waals surface area contributed by atoms with E-state index in [9.17, 15) is 19.0 Å². The minimum atomic E-state index is -4.39. The van der Waals surface area contributed by atoms with Gasteiger partial charge in [0.05, 0.1) is 27.7 Å². The minimum absolute atomic E-state index is 0.0350. The van der Waals surface area contributed by atoms with Crippen molar-refractivity contribution < 1.29 is 42.1 Å². The van der Waals surface area contributed by atoms with Crippen molar-refractivity contribution in [3.05, 3.63) is 60.8 Å². The molecule has 0 aliphatic rings. The van der Waals surface area contributed by atoms with Crippen LogP contribution in [-0.4, -0.2) is 74.9 Å². The number of allylic oxidation sites excluding steroid dienone is 10. The van der Waals surface area contributed by atoms with E-state index in [0.29, 0.717) is 23.9 Å². The van der Waals surface area contributed by atoms with E-state index in [2.05, 4.69) is 74.6 Å². The molecule has 10 heteroatoms. The highest BCUT2D eigenvalue weighted by Crippen LogP contribution is 2.43. The van der Waals surface area contributed by atoms with Crippen LogP contribution in [0.15, 0.2) is 60.8 Å². The van der Waals surface area contributed by atoms with E-state index in [4.69, 9.17) is 18.5 Å². The molecule has 0 aromatic rings. The fourth-order valence-corrected chi connectivity index (χ4v) is 12.2. The molecule has 89 heavy (non-hydrogen) atoms. The number of nitrogens with zero attached hydrogens (tertiary/aromatic N) is 1. The lowest BCUT2D eigenvalue weighted by atomic mass is 10.0. The third-order valence-electron chi connectivity index (χ3n) is 17.3. The van der Waals surface area contributed by atoms with E-state index < -0.39 is 26.5 Å². The summed E-state index contributed by atoms with van der Waals surface area (Å²) in [6, 6.07) is 0. The number of phosphoric ester groups is 1. The summed E-state index contributed by atoms with van der Waals surface area (Å²) in [4.78, 5) is 35.9. The number of rotatable bonds is 72. The molecule has 0 rings (SSSR count). The first-order valence-corrected chi connectivity index (χ1v) is 40.0. The molecule has 0 radical (unpaired) electrons. The van der Waals surface area contributed by atoms with Crippen molar-refractivity contribution in [1.82, 2.24) is 0 Å². The van der Waals surface area contributed by atoms with E-state index in [1.165, 1.54) is 283 Å². The van der Waals surface area contributed by atoms with Gasteiger partial charge in [-0.25, -0.2) is 4.57 Å². The fourth-order valence-electron chi connectivity index (χ4n) is 11.5. The smallest absolute Gasteiger partial charge is 0.462 e. The Hall–Kier alpha value is -2.29. The van der Waals surface area contributed by atoms with Crippen molar-refractivity contribution in [2.24, 2.45) is 0 Å². The predicted octanol–water partition coefficient (Wildman–Crippen LogP) is 25.3. The lowest BCUT2D eigenvalue weighted by Gasteiger charge is -2.24. The molecule has 522 valence electrons. The maximum Gasteiger partial charge on any atom is 0.472 e. The maximum absolute atomic E-state index is 12.9. The van der Waals surface area contributed by atoms with E-state index in [-0.39, 0.29) is 25.6 Å². The number of hydrogen-bond donors (Lipinski definition) is 1. The van der Waals surface area contributed by atoms with Gasteiger partial charge in [-0.3, -0.25) is 18.6 Å². The molecule has 0 heterocycles. The van der Waals surface area contributed by atoms with E-state index in [0.717, 1.165) is 64.2 Å². The third-order valence-corrected chi connectivity index (χ3v) is 18.3. The summed E-state index contributed by atoms with van der Waals surface area (Å²) in [7, 11) is 1.50. The van der Waals surface area contributed by atoms with Crippen LogP contribution in [0.4, 0.5) is 0 Å². The molecule has 2 unspecified atom stereocenters. The van der Waals surface area contributed by atoms with Crippen molar-refractivity contribution in [2.75, 3.05) is 47.5 Å². The van der Waals surface area contributed by atoms with Gasteiger partial charge in [-0.2, -0.15) is 0 Å². The molecule has 0 bridgehead atoms. The van der Waals surface area contributed by atoms with Crippen molar-refractivity contribution in [3.8, 4) is 0 Å². The fraction of sp³-hybridized carbons (Fsp3) is 0.848. The number of quaternary nitrogens is 1. The number of hydrogen-bond acceptors (Lipinski definition) is 7. The van der Waals surface area contributed by atoms with Crippen LogP contribution in [0.3, 0.4) is 0 Å². The number of phosphoric acid groups is 1. The zero-order chi connectivity index (χ0) is 64.8. The zero-order valence-electron chi connectivity index (χ0n) is 59.7. The Balaban J connectivity index is 3.89. The van der Waals surface area contributed by atoms with Gasteiger partial charge < -0.3 is 18.9 Å². The molecule has 0 aromatic carbocycles. The van der Waals surface area contributed by atoms with Crippen molar-refractivity contribution in [1.29, 1.82) is 0 Å². The quantitative estimate of drug-likeness (QED) is 0.0211. The Bertz CT molecular complexity index is 1690. The normalized spacial score (nSPS) is 13.4. The molecule has 0 aliphatic carbocycles. The van der Waals surface area contributed by atoms with Gasteiger partial charge in [0.1, 0.15) is 19.8 Å². The van der Waals surface area contributed by atoms with Gasteiger partial charge in [-0.15, -0.1) is 0 Å². The molecule has 0 spiro atoms. The molecule has 9 nitrogen and oxygen atoms in total. The van der Waals surface area contributed by atoms with Crippen LogP contribution < -0.4 is 0 Å². The average molecular weight is 1270 g/mol. The second kappa shape index (κ2) is 70.0. The summed E-state index contributed by atoms with van der Waals surface area (Å²) in [6.07, 6.45) is 93.6. The topological polar surface area (TPSA) is 108 Å². The Morgan fingerprint density at radius 1 is 0.360 bits per heavy atom. The van der Waals surface area contributed by atoms with Gasteiger partial charge in [-0.1, -0.05) is 370 Å². The van der Waals surface area contributed by atoms with Gasteiger partial charge in [0.2, 0.25) is 0 Å². The zero-order valence-corrected chi connectivity index (χ0v) is 60.6. The Kier molecular flexibility index (Phi) is 68.2. The summed E-state index contributed by atoms with van der Waals surface area (Å²) in [6.45, 7) is 4.39. The number of likely N-dealkylation sites (N-methyl/N-ethyl adjacent to an activating group) is 1. The van der Waals surface area contributed by atoms with Gasteiger partial charge in [0.15, 0.2) is 6.10 Å².